The number of nitrogens with zero attached hydrogens (tertiary/aromatic N) is 5. The zero-order valence-corrected chi connectivity index (χ0v) is 21.5. The topological polar surface area (TPSA) is 87.2 Å². The molecule has 1 saturated heterocycles. The molecule has 0 bridgehead atoms. The Morgan fingerprint density at radius 1 is 1.08 bits per heavy atom. The van der Waals surface area contributed by atoms with Crippen LogP contribution in [0.1, 0.15) is 32.3 Å². The van der Waals surface area contributed by atoms with E-state index in [0.29, 0.717) is 18.8 Å². The largest absolute Gasteiger partial charge is 0.385 e. The van der Waals surface area contributed by atoms with Crippen LogP contribution in [-0.4, -0.2) is 58.0 Å². The molecule has 2 aromatic carbocycles. The maximum absolute atomic E-state index is 11.8. The fraction of sp³-hybridized carbons (Fsp3) is 0.333. The third kappa shape index (κ3) is 5.40. The predicted molar refractivity (Wildman–Crippen MR) is 150 cm³/mol. The number of aromatic nitrogens is 1. The van der Waals surface area contributed by atoms with Gasteiger partial charge in [0.1, 0.15) is 11.7 Å². The highest BCUT2D eigenvalue weighted by Gasteiger charge is 2.32. The maximum atomic E-state index is 11.8. The number of fused-ring (bicyclic) bond motifs is 1. The summed E-state index contributed by atoms with van der Waals surface area (Å²) in [5.74, 6) is 2.04. The summed E-state index contributed by atoms with van der Waals surface area (Å²) in [6, 6.07) is 20.7. The third-order valence-corrected chi connectivity index (χ3v) is 7.27. The summed E-state index contributed by atoms with van der Waals surface area (Å²) in [7, 11) is 0. The molecule has 3 aromatic rings. The van der Waals surface area contributed by atoms with Gasteiger partial charge in [-0.1, -0.05) is 48.5 Å². The fourth-order valence-electron chi connectivity index (χ4n) is 5.28. The van der Waals surface area contributed by atoms with Crippen molar-refractivity contribution in [1.29, 1.82) is 0 Å². The lowest BCUT2D eigenvalue weighted by atomic mass is 9.92. The first-order valence-corrected chi connectivity index (χ1v) is 13.1. The molecule has 7 nitrogen and oxygen atoms in total. The Balaban J connectivity index is 1.41. The van der Waals surface area contributed by atoms with Crippen molar-refractivity contribution in [3.8, 4) is 11.3 Å². The number of amidine groups is 2. The molecule has 1 amide bonds. The standard InChI is InChI=1S/C30H34N6O/c1-3-32-30(25-13-16-35(17-14-25)21(2)37)36-18-15-33-29(31)28(36)20-22-9-10-24-11-12-26(34-27(24)19-22)23-7-5-4-6-8-23/h4-12,15,18-19,25,28H,3,13-14,16-17,20H2,1-2H3,(H2,31,33). The molecule has 2 N–H and O–H groups in total. The fourth-order valence-corrected chi connectivity index (χ4v) is 5.28. The van der Waals surface area contributed by atoms with Gasteiger partial charge in [0, 0.05) is 62.2 Å². The average molecular weight is 495 g/mol. The molecule has 2 aliphatic heterocycles. The average Bonchev–Trinajstić information content (AvgIpc) is 2.93. The molecule has 37 heavy (non-hydrogen) atoms. The molecule has 5 rings (SSSR count). The molecule has 1 aromatic heterocycles. The number of carbonyl (C=O) groups is 1. The van der Waals surface area contributed by atoms with Crippen LogP contribution in [0.25, 0.3) is 22.2 Å². The summed E-state index contributed by atoms with van der Waals surface area (Å²) in [4.78, 5) is 30.3. The van der Waals surface area contributed by atoms with Crippen LogP contribution in [0.5, 0.6) is 0 Å². The minimum atomic E-state index is -0.129. The van der Waals surface area contributed by atoms with Crippen LogP contribution in [-0.2, 0) is 11.2 Å². The number of pyridine rings is 1. The molecule has 0 spiro atoms. The van der Waals surface area contributed by atoms with Crippen molar-refractivity contribution in [3.63, 3.8) is 0 Å². The molecule has 1 fully saturated rings. The van der Waals surface area contributed by atoms with Gasteiger partial charge in [-0.3, -0.25) is 9.79 Å². The number of carbonyl (C=O) groups excluding carboxylic acids is 1. The molecule has 7 heteroatoms. The molecule has 190 valence electrons. The summed E-state index contributed by atoms with van der Waals surface area (Å²) < 4.78 is 0. The number of hydrogen-bond donors (Lipinski definition) is 1. The smallest absolute Gasteiger partial charge is 0.219 e. The van der Waals surface area contributed by atoms with Crippen LogP contribution in [0, 0.1) is 5.92 Å². The van der Waals surface area contributed by atoms with Crippen LogP contribution >= 0.6 is 0 Å². The maximum Gasteiger partial charge on any atom is 0.219 e. The van der Waals surface area contributed by atoms with E-state index >= 15 is 0 Å². The van der Waals surface area contributed by atoms with Crippen LogP contribution in [0.3, 0.4) is 0 Å². The molecule has 0 saturated carbocycles. The number of likely N-dealkylation sites (tertiary alicyclic amines) is 1. The summed E-state index contributed by atoms with van der Waals surface area (Å²) in [6.07, 6.45) is 6.25. The molecule has 1 unspecified atom stereocenters. The summed E-state index contributed by atoms with van der Waals surface area (Å²) in [6.45, 7) is 5.91. The van der Waals surface area contributed by atoms with Gasteiger partial charge in [-0.2, -0.15) is 0 Å². The first kappa shape index (κ1) is 24.7. The SMILES string of the molecule is CCN=C(C1CCN(C(C)=O)CC1)N1C=CN=C(N)C1Cc1ccc2ccc(-c3ccccc3)nc2c1. The molecule has 1 atom stereocenters. The van der Waals surface area contributed by atoms with Crippen LogP contribution < -0.4 is 5.73 Å². The zero-order chi connectivity index (χ0) is 25.8. The highest BCUT2D eigenvalue weighted by Crippen LogP contribution is 2.26. The Kier molecular flexibility index (Phi) is 7.30. The van der Waals surface area contributed by atoms with E-state index in [9.17, 15) is 4.79 Å². The van der Waals surface area contributed by atoms with Crippen molar-refractivity contribution in [2.75, 3.05) is 19.6 Å². The lowest BCUT2D eigenvalue weighted by molar-refractivity contribution is -0.129. The Morgan fingerprint density at radius 2 is 1.84 bits per heavy atom. The second kappa shape index (κ2) is 10.9. The van der Waals surface area contributed by atoms with Gasteiger partial charge in [0.2, 0.25) is 5.91 Å². The molecule has 3 heterocycles. The number of piperidine rings is 1. The molecule has 2 aliphatic rings. The van der Waals surface area contributed by atoms with Crippen molar-refractivity contribution in [2.24, 2.45) is 21.6 Å². The normalized spacial score (nSPS) is 18.8. The number of aliphatic imine (C=N–C) groups is 2. The van der Waals surface area contributed by atoms with E-state index in [2.05, 4.69) is 59.3 Å². The quantitative estimate of drug-likeness (QED) is 0.414. The Bertz CT molecular complexity index is 1360. The summed E-state index contributed by atoms with van der Waals surface area (Å²) >= 11 is 0. The van der Waals surface area contributed by atoms with E-state index in [4.69, 9.17) is 15.7 Å². The number of nitrogens with two attached hydrogens (primary N) is 1. The molecule has 0 radical (unpaired) electrons. The van der Waals surface area contributed by atoms with Gasteiger partial charge < -0.3 is 15.5 Å². The van der Waals surface area contributed by atoms with E-state index in [1.54, 1.807) is 13.1 Å². The van der Waals surface area contributed by atoms with Crippen molar-refractivity contribution < 1.29 is 4.79 Å². The first-order valence-electron chi connectivity index (χ1n) is 13.1. The first-order chi connectivity index (χ1) is 18.0. The Morgan fingerprint density at radius 3 is 2.57 bits per heavy atom. The Labute approximate surface area is 218 Å². The highest BCUT2D eigenvalue weighted by molar-refractivity contribution is 5.95. The Hall–Kier alpha value is -4.00. The highest BCUT2D eigenvalue weighted by atomic mass is 16.2. The zero-order valence-electron chi connectivity index (χ0n) is 21.5. The van der Waals surface area contributed by atoms with Crippen molar-refractivity contribution >= 4 is 28.5 Å². The number of rotatable bonds is 5. The third-order valence-electron chi connectivity index (χ3n) is 7.27. The van der Waals surface area contributed by atoms with E-state index in [0.717, 1.165) is 59.5 Å². The number of benzene rings is 2. The van der Waals surface area contributed by atoms with Gasteiger partial charge in [-0.15, -0.1) is 0 Å². The van der Waals surface area contributed by atoms with Gasteiger partial charge in [-0.25, -0.2) is 9.98 Å². The monoisotopic (exact) mass is 494 g/mol. The van der Waals surface area contributed by atoms with Gasteiger partial charge in [0.05, 0.1) is 17.3 Å². The molecular weight excluding hydrogens is 460 g/mol. The van der Waals surface area contributed by atoms with Gasteiger partial charge in [0.15, 0.2) is 0 Å². The minimum Gasteiger partial charge on any atom is -0.385 e. The second-order valence-corrected chi connectivity index (χ2v) is 9.68. The van der Waals surface area contributed by atoms with Crippen molar-refractivity contribution in [1.82, 2.24) is 14.8 Å². The lowest BCUT2D eigenvalue weighted by Crippen LogP contribution is -2.51. The van der Waals surface area contributed by atoms with E-state index in [-0.39, 0.29) is 17.9 Å². The van der Waals surface area contributed by atoms with Gasteiger partial charge >= 0.3 is 0 Å². The summed E-state index contributed by atoms with van der Waals surface area (Å²) in [5, 5.41) is 1.11. The number of hydrogen-bond acceptors (Lipinski definition) is 5. The lowest BCUT2D eigenvalue weighted by Gasteiger charge is -2.39. The van der Waals surface area contributed by atoms with E-state index < -0.39 is 0 Å². The van der Waals surface area contributed by atoms with Gasteiger partial charge in [0.25, 0.3) is 0 Å². The molecule has 0 aliphatic carbocycles. The van der Waals surface area contributed by atoms with Crippen molar-refractivity contribution in [2.45, 2.75) is 39.2 Å². The second-order valence-electron chi connectivity index (χ2n) is 9.68. The van der Waals surface area contributed by atoms with Crippen molar-refractivity contribution in [3.05, 3.63) is 78.6 Å². The van der Waals surface area contributed by atoms with Crippen LogP contribution in [0.2, 0.25) is 0 Å². The number of amides is 1. The summed E-state index contributed by atoms with van der Waals surface area (Å²) in [5.41, 5.74) is 10.7. The van der Waals surface area contributed by atoms with E-state index in [1.165, 1.54) is 0 Å². The minimum absolute atomic E-state index is 0.129. The van der Waals surface area contributed by atoms with Crippen LogP contribution in [0.4, 0.5) is 0 Å². The van der Waals surface area contributed by atoms with Crippen LogP contribution in [0.15, 0.2) is 83.0 Å². The predicted octanol–water partition coefficient (Wildman–Crippen LogP) is 4.63. The van der Waals surface area contributed by atoms with Gasteiger partial charge in [-0.05, 0) is 37.5 Å². The molecular formula is C30H34N6O. The van der Waals surface area contributed by atoms with E-state index in [1.807, 2.05) is 29.3 Å².